The van der Waals surface area contributed by atoms with E-state index in [0.717, 1.165) is 17.1 Å². The van der Waals surface area contributed by atoms with Gasteiger partial charge >= 0.3 is 5.97 Å². The summed E-state index contributed by atoms with van der Waals surface area (Å²) in [6.45, 7) is 0. The number of ether oxygens (including phenoxy) is 2. The average Bonchev–Trinajstić information content (AvgIpc) is 2.87. The Morgan fingerprint density at radius 3 is 2.61 bits per heavy atom. The number of benzene rings is 1. The molecule has 5 heteroatoms. The van der Waals surface area contributed by atoms with Gasteiger partial charge in [0, 0.05) is 6.42 Å². The Morgan fingerprint density at radius 1 is 1.28 bits per heavy atom. The number of esters is 1. The third-order valence-electron chi connectivity index (χ3n) is 2.56. The zero-order chi connectivity index (χ0) is 13.0. The fourth-order valence-corrected chi connectivity index (χ4v) is 1.60. The van der Waals surface area contributed by atoms with Gasteiger partial charge < -0.3 is 14.5 Å². The summed E-state index contributed by atoms with van der Waals surface area (Å²) < 4.78 is 9.69. The van der Waals surface area contributed by atoms with E-state index in [-0.39, 0.29) is 0 Å². The minimum absolute atomic E-state index is 0.362. The number of rotatable bonds is 4. The first-order valence-electron chi connectivity index (χ1n) is 5.48. The quantitative estimate of drug-likeness (QED) is 0.835. The second kappa shape index (κ2) is 5.35. The highest BCUT2D eigenvalue weighted by molar-refractivity contribution is 5.86. The predicted molar refractivity (Wildman–Crippen MR) is 65.7 cm³/mol. The van der Waals surface area contributed by atoms with Crippen LogP contribution < -0.4 is 4.74 Å². The Kier molecular flexibility index (Phi) is 3.62. The molecule has 94 valence electrons. The summed E-state index contributed by atoms with van der Waals surface area (Å²) >= 11 is 0. The summed E-state index contributed by atoms with van der Waals surface area (Å²) in [5, 5.41) is 0. The van der Waals surface area contributed by atoms with Gasteiger partial charge in [0.05, 0.1) is 20.4 Å². The number of H-pyrrole nitrogens is 1. The molecule has 0 spiro atoms. The number of aromatic amines is 1. The fourth-order valence-electron chi connectivity index (χ4n) is 1.60. The Hall–Kier alpha value is -2.30. The molecule has 5 nitrogen and oxygen atoms in total. The van der Waals surface area contributed by atoms with E-state index in [1.807, 2.05) is 24.3 Å². The molecule has 0 atom stereocenters. The minimum Gasteiger partial charge on any atom is -0.497 e. The van der Waals surface area contributed by atoms with E-state index < -0.39 is 5.97 Å². The van der Waals surface area contributed by atoms with E-state index in [9.17, 15) is 4.79 Å². The maximum atomic E-state index is 11.3. The fraction of sp³-hybridized carbons (Fsp3) is 0.231. The zero-order valence-electron chi connectivity index (χ0n) is 10.3. The van der Waals surface area contributed by atoms with Crippen molar-refractivity contribution in [1.29, 1.82) is 0 Å². The average molecular weight is 246 g/mol. The molecule has 18 heavy (non-hydrogen) atoms. The summed E-state index contributed by atoms with van der Waals surface area (Å²) in [6.07, 6.45) is 2.10. The standard InChI is InChI=1S/C13H14N2O3/c1-17-10-5-3-9(4-6-10)7-12-14-8-11(15-12)13(16)18-2/h3-6,8H,7H2,1-2H3,(H,14,15). The first-order chi connectivity index (χ1) is 8.72. The van der Waals surface area contributed by atoms with Crippen molar-refractivity contribution in [2.24, 2.45) is 0 Å². The first-order valence-corrected chi connectivity index (χ1v) is 5.48. The lowest BCUT2D eigenvalue weighted by molar-refractivity contribution is 0.0594. The van der Waals surface area contributed by atoms with Gasteiger partial charge in [-0.3, -0.25) is 0 Å². The molecule has 2 aromatic rings. The molecular weight excluding hydrogens is 232 g/mol. The van der Waals surface area contributed by atoms with Gasteiger partial charge in [-0.2, -0.15) is 0 Å². The van der Waals surface area contributed by atoms with Crippen LogP contribution >= 0.6 is 0 Å². The number of carbonyl (C=O) groups excluding carboxylic acids is 1. The Bertz CT molecular complexity index is 531. The molecule has 0 fully saturated rings. The number of methoxy groups -OCH3 is 2. The highest BCUT2D eigenvalue weighted by Crippen LogP contribution is 2.13. The molecule has 0 unspecified atom stereocenters. The number of nitrogens with zero attached hydrogens (tertiary/aromatic N) is 1. The predicted octanol–water partition coefficient (Wildman–Crippen LogP) is 1.80. The van der Waals surface area contributed by atoms with Crippen LogP contribution in [-0.2, 0) is 11.2 Å². The molecule has 1 aromatic heterocycles. The maximum Gasteiger partial charge on any atom is 0.356 e. The molecule has 0 aliphatic carbocycles. The van der Waals surface area contributed by atoms with Crippen LogP contribution in [0.25, 0.3) is 0 Å². The van der Waals surface area contributed by atoms with E-state index in [2.05, 4.69) is 14.7 Å². The number of hydrogen-bond acceptors (Lipinski definition) is 4. The summed E-state index contributed by atoms with van der Waals surface area (Å²) in [7, 11) is 2.97. The zero-order valence-corrected chi connectivity index (χ0v) is 10.3. The Labute approximate surface area is 105 Å². The maximum absolute atomic E-state index is 11.3. The van der Waals surface area contributed by atoms with Crippen molar-refractivity contribution in [3.8, 4) is 5.75 Å². The monoisotopic (exact) mass is 246 g/mol. The largest absolute Gasteiger partial charge is 0.497 e. The molecule has 0 aliphatic rings. The van der Waals surface area contributed by atoms with Gasteiger partial charge in [0.2, 0.25) is 0 Å². The number of carbonyl (C=O) groups is 1. The molecule has 0 amide bonds. The molecule has 0 aliphatic heterocycles. The van der Waals surface area contributed by atoms with Crippen molar-refractivity contribution >= 4 is 5.97 Å². The van der Waals surface area contributed by atoms with E-state index in [1.165, 1.54) is 13.3 Å². The van der Waals surface area contributed by atoms with Crippen molar-refractivity contribution in [1.82, 2.24) is 9.97 Å². The van der Waals surface area contributed by atoms with Gasteiger partial charge in [0.25, 0.3) is 0 Å². The molecule has 1 heterocycles. The van der Waals surface area contributed by atoms with Crippen LogP contribution in [0.2, 0.25) is 0 Å². The van der Waals surface area contributed by atoms with Gasteiger partial charge in [-0.1, -0.05) is 12.1 Å². The molecule has 0 saturated carbocycles. The lowest BCUT2D eigenvalue weighted by atomic mass is 10.1. The summed E-state index contributed by atoms with van der Waals surface area (Å²) in [5.41, 5.74) is 1.45. The van der Waals surface area contributed by atoms with Crippen LogP contribution in [0.4, 0.5) is 0 Å². The topological polar surface area (TPSA) is 64.2 Å². The molecule has 2 rings (SSSR count). The Morgan fingerprint density at radius 2 is 2.00 bits per heavy atom. The molecule has 0 radical (unpaired) electrons. The molecule has 1 N–H and O–H groups in total. The van der Waals surface area contributed by atoms with E-state index >= 15 is 0 Å². The third-order valence-corrected chi connectivity index (χ3v) is 2.56. The lowest BCUT2D eigenvalue weighted by Crippen LogP contribution is -2.01. The number of nitrogens with one attached hydrogen (secondary N) is 1. The minimum atomic E-state index is -0.413. The van der Waals surface area contributed by atoms with Crippen LogP contribution in [-0.4, -0.2) is 30.2 Å². The Balaban J connectivity index is 2.08. The number of imidazole rings is 1. The van der Waals surface area contributed by atoms with E-state index in [1.54, 1.807) is 7.11 Å². The third kappa shape index (κ3) is 2.68. The highest BCUT2D eigenvalue weighted by atomic mass is 16.5. The normalized spacial score (nSPS) is 10.1. The van der Waals surface area contributed by atoms with Crippen LogP contribution in [0.15, 0.2) is 30.5 Å². The second-order valence-electron chi connectivity index (χ2n) is 3.76. The van der Waals surface area contributed by atoms with Crippen molar-refractivity contribution in [3.63, 3.8) is 0 Å². The van der Waals surface area contributed by atoms with E-state index in [4.69, 9.17) is 4.74 Å². The SMILES string of the molecule is COC(=O)c1cnc(Cc2ccc(OC)cc2)[nH]1. The number of aromatic nitrogens is 2. The lowest BCUT2D eigenvalue weighted by Gasteiger charge is -2.01. The van der Waals surface area contributed by atoms with Gasteiger partial charge in [-0.05, 0) is 17.7 Å². The van der Waals surface area contributed by atoms with Gasteiger partial charge in [0.15, 0.2) is 0 Å². The first kappa shape index (κ1) is 12.2. The van der Waals surface area contributed by atoms with Crippen molar-refractivity contribution in [2.45, 2.75) is 6.42 Å². The smallest absolute Gasteiger partial charge is 0.356 e. The molecule has 1 aromatic carbocycles. The highest BCUT2D eigenvalue weighted by Gasteiger charge is 2.09. The van der Waals surface area contributed by atoms with Crippen molar-refractivity contribution in [3.05, 3.63) is 47.5 Å². The van der Waals surface area contributed by atoms with Gasteiger partial charge in [-0.15, -0.1) is 0 Å². The number of hydrogen-bond donors (Lipinski definition) is 1. The summed E-state index contributed by atoms with van der Waals surface area (Å²) in [6, 6.07) is 7.69. The molecule has 0 bridgehead atoms. The van der Waals surface area contributed by atoms with Crippen LogP contribution in [0.3, 0.4) is 0 Å². The molecular formula is C13H14N2O3. The van der Waals surface area contributed by atoms with Crippen LogP contribution in [0.5, 0.6) is 5.75 Å². The summed E-state index contributed by atoms with van der Waals surface area (Å²) in [4.78, 5) is 18.3. The van der Waals surface area contributed by atoms with Gasteiger partial charge in [0.1, 0.15) is 17.3 Å². The van der Waals surface area contributed by atoms with E-state index in [0.29, 0.717) is 12.1 Å². The molecule has 0 saturated heterocycles. The van der Waals surface area contributed by atoms with Crippen molar-refractivity contribution in [2.75, 3.05) is 14.2 Å². The van der Waals surface area contributed by atoms with Crippen molar-refractivity contribution < 1.29 is 14.3 Å². The van der Waals surface area contributed by atoms with Crippen LogP contribution in [0.1, 0.15) is 21.9 Å². The van der Waals surface area contributed by atoms with Crippen LogP contribution in [0, 0.1) is 0 Å². The van der Waals surface area contributed by atoms with Gasteiger partial charge in [-0.25, -0.2) is 9.78 Å². The second-order valence-corrected chi connectivity index (χ2v) is 3.76. The summed E-state index contributed by atoms with van der Waals surface area (Å²) in [5.74, 6) is 1.12.